The maximum atomic E-state index is 12.3. The normalized spacial score (nSPS) is 15.6. The van der Waals surface area contributed by atoms with Crippen molar-refractivity contribution in [1.29, 1.82) is 0 Å². The van der Waals surface area contributed by atoms with Gasteiger partial charge >= 0.3 is 0 Å². The fraction of sp³-hybridized carbons (Fsp3) is 0.583. The molecular weight excluding hydrogens is 374 g/mol. The van der Waals surface area contributed by atoms with Crippen molar-refractivity contribution in [2.24, 2.45) is 0 Å². The molecule has 1 aliphatic heterocycles. The van der Waals surface area contributed by atoms with Crippen LogP contribution in [0.15, 0.2) is 30.3 Å². The van der Waals surface area contributed by atoms with Gasteiger partial charge in [-0.2, -0.15) is 5.10 Å². The average molecular weight is 412 g/mol. The molecule has 2 aromatic rings. The van der Waals surface area contributed by atoms with Crippen LogP contribution in [-0.2, 0) is 17.9 Å². The lowest BCUT2D eigenvalue weighted by Crippen LogP contribution is -2.49. The van der Waals surface area contributed by atoms with Crippen molar-refractivity contribution in [2.45, 2.75) is 53.1 Å². The van der Waals surface area contributed by atoms with E-state index < -0.39 is 0 Å². The number of hydrogen-bond donors (Lipinski definition) is 1. The van der Waals surface area contributed by atoms with E-state index in [1.54, 1.807) is 0 Å². The molecule has 0 bridgehead atoms. The summed E-state index contributed by atoms with van der Waals surface area (Å²) in [5.41, 5.74) is 4.98. The van der Waals surface area contributed by atoms with Crippen molar-refractivity contribution >= 4 is 5.91 Å². The summed E-state index contributed by atoms with van der Waals surface area (Å²) in [6.45, 7) is 15.5. The summed E-state index contributed by atoms with van der Waals surface area (Å²) >= 11 is 0. The molecule has 1 N–H and O–H groups in total. The van der Waals surface area contributed by atoms with E-state index in [4.69, 9.17) is 0 Å². The molecule has 0 saturated carbocycles. The Morgan fingerprint density at radius 2 is 1.73 bits per heavy atom. The molecule has 0 radical (unpaired) electrons. The number of carbonyl (C=O) groups excluding carboxylic acids is 1. The van der Waals surface area contributed by atoms with Gasteiger partial charge in [0.25, 0.3) is 0 Å². The summed E-state index contributed by atoms with van der Waals surface area (Å²) < 4.78 is 2.01. The molecule has 1 saturated heterocycles. The van der Waals surface area contributed by atoms with Gasteiger partial charge in [-0.1, -0.05) is 38.1 Å². The maximum Gasteiger partial charge on any atom is 0.234 e. The molecule has 0 spiro atoms. The minimum Gasteiger partial charge on any atom is -0.355 e. The van der Waals surface area contributed by atoms with Crippen molar-refractivity contribution in [2.75, 3.05) is 39.3 Å². The molecule has 1 aliphatic rings. The van der Waals surface area contributed by atoms with Gasteiger partial charge in [-0.05, 0) is 43.4 Å². The van der Waals surface area contributed by atoms with Crippen molar-refractivity contribution in [3.05, 3.63) is 52.8 Å². The third-order valence-corrected chi connectivity index (χ3v) is 5.86. The van der Waals surface area contributed by atoms with E-state index in [-0.39, 0.29) is 5.91 Å². The van der Waals surface area contributed by atoms with E-state index in [9.17, 15) is 4.79 Å². The fourth-order valence-electron chi connectivity index (χ4n) is 3.99. The van der Waals surface area contributed by atoms with Gasteiger partial charge in [0, 0.05) is 51.5 Å². The highest BCUT2D eigenvalue weighted by Crippen LogP contribution is 2.16. The number of piperazine rings is 1. The van der Waals surface area contributed by atoms with Gasteiger partial charge in [0.05, 0.1) is 12.2 Å². The lowest BCUT2D eigenvalue weighted by atomic mass is 10.0. The highest BCUT2D eigenvalue weighted by molar-refractivity contribution is 5.77. The summed E-state index contributed by atoms with van der Waals surface area (Å²) in [5, 5.41) is 7.52. The highest BCUT2D eigenvalue weighted by atomic mass is 16.2. The number of nitrogens with one attached hydrogen (secondary N) is 1. The first-order valence-electron chi connectivity index (χ1n) is 11.2. The number of hydrogen-bond acceptors (Lipinski definition) is 4. The van der Waals surface area contributed by atoms with Crippen molar-refractivity contribution < 1.29 is 4.79 Å². The van der Waals surface area contributed by atoms with Gasteiger partial charge in [-0.3, -0.25) is 19.3 Å². The van der Waals surface area contributed by atoms with Crippen LogP contribution in [0.4, 0.5) is 0 Å². The van der Waals surface area contributed by atoms with E-state index in [0.717, 1.165) is 51.4 Å². The Morgan fingerprint density at radius 1 is 1.07 bits per heavy atom. The molecule has 6 nitrogen and oxygen atoms in total. The van der Waals surface area contributed by atoms with E-state index in [1.807, 2.05) is 11.6 Å². The zero-order valence-electron chi connectivity index (χ0n) is 19.0. The Morgan fingerprint density at radius 3 is 2.33 bits per heavy atom. The molecule has 1 amide bonds. The van der Waals surface area contributed by atoms with Gasteiger partial charge in [0.2, 0.25) is 5.91 Å². The summed E-state index contributed by atoms with van der Waals surface area (Å²) in [5.74, 6) is 0.703. The summed E-state index contributed by atoms with van der Waals surface area (Å²) in [7, 11) is 0. The Bertz CT molecular complexity index is 804. The zero-order valence-corrected chi connectivity index (χ0v) is 19.0. The number of nitrogens with zero attached hydrogens (tertiary/aromatic N) is 4. The first-order chi connectivity index (χ1) is 14.4. The number of amides is 1. The minimum atomic E-state index is 0.126. The van der Waals surface area contributed by atoms with Crippen LogP contribution < -0.4 is 5.32 Å². The Kier molecular flexibility index (Phi) is 8.05. The van der Waals surface area contributed by atoms with Crippen LogP contribution in [0, 0.1) is 13.8 Å². The van der Waals surface area contributed by atoms with Gasteiger partial charge in [0.15, 0.2) is 0 Å². The van der Waals surface area contributed by atoms with Crippen LogP contribution in [0.5, 0.6) is 0 Å². The second-order valence-corrected chi connectivity index (χ2v) is 8.80. The van der Waals surface area contributed by atoms with Crippen LogP contribution in [0.25, 0.3) is 0 Å². The average Bonchev–Trinajstić information content (AvgIpc) is 3.04. The number of benzene rings is 1. The molecule has 3 rings (SSSR count). The van der Waals surface area contributed by atoms with E-state index in [1.165, 1.54) is 16.8 Å². The maximum absolute atomic E-state index is 12.3. The Hall–Kier alpha value is -2.18. The number of aromatic nitrogens is 2. The topological polar surface area (TPSA) is 53.4 Å². The molecule has 0 atom stereocenters. The molecule has 2 heterocycles. The molecule has 0 aliphatic carbocycles. The third-order valence-electron chi connectivity index (χ3n) is 5.86. The summed E-state index contributed by atoms with van der Waals surface area (Å²) in [6, 6.07) is 11.1. The van der Waals surface area contributed by atoms with Gasteiger partial charge < -0.3 is 5.32 Å². The van der Waals surface area contributed by atoms with Crippen molar-refractivity contribution in [3.8, 4) is 0 Å². The molecule has 30 heavy (non-hydrogen) atoms. The SMILES string of the molecule is Cc1cc(C)n(CCCNC(=O)CN2CCN(Cc3ccc(C(C)C)cc3)CC2)n1. The van der Waals surface area contributed by atoms with Crippen LogP contribution in [-0.4, -0.2) is 64.8 Å². The molecule has 1 aromatic carbocycles. The predicted octanol–water partition coefficient (Wildman–Crippen LogP) is 2.95. The van der Waals surface area contributed by atoms with Gasteiger partial charge in [0.1, 0.15) is 0 Å². The van der Waals surface area contributed by atoms with Crippen molar-refractivity contribution in [1.82, 2.24) is 24.9 Å². The largest absolute Gasteiger partial charge is 0.355 e. The second kappa shape index (κ2) is 10.7. The summed E-state index contributed by atoms with van der Waals surface area (Å²) in [4.78, 5) is 17.0. The number of carbonyl (C=O) groups is 1. The first kappa shape index (κ1) is 22.5. The summed E-state index contributed by atoms with van der Waals surface area (Å²) in [6.07, 6.45) is 0.900. The monoisotopic (exact) mass is 411 g/mol. The van der Waals surface area contributed by atoms with E-state index in [2.05, 4.69) is 71.3 Å². The molecule has 6 heteroatoms. The minimum absolute atomic E-state index is 0.126. The number of rotatable bonds is 9. The van der Waals surface area contributed by atoms with E-state index >= 15 is 0 Å². The highest BCUT2D eigenvalue weighted by Gasteiger charge is 2.19. The van der Waals surface area contributed by atoms with Crippen molar-refractivity contribution in [3.63, 3.8) is 0 Å². The quantitative estimate of drug-likeness (QED) is 0.645. The lowest BCUT2D eigenvalue weighted by Gasteiger charge is -2.34. The van der Waals surface area contributed by atoms with Crippen LogP contribution in [0.1, 0.15) is 48.7 Å². The Labute approximate surface area is 181 Å². The molecule has 1 fully saturated rings. The van der Waals surface area contributed by atoms with Gasteiger partial charge in [-0.25, -0.2) is 0 Å². The Balaban J connectivity index is 1.31. The van der Waals surface area contributed by atoms with Crippen LogP contribution in [0.3, 0.4) is 0 Å². The molecule has 0 unspecified atom stereocenters. The third kappa shape index (κ3) is 6.67. The molecule has 1 aromatic heterocycles. The fourth-order valence-corrected chi connectivity index (χ4v) is 3.99. The molecular formula is C24H37N5O. The lowest BCUT2D eigenvalue weighted by molar-refractivity contribution is -0.122. The first-order valence-corrected chi connectivity index (χ1v) is 11.2. The second-order valence-electron chi connectivity index (χ2n) is 8.80. The smallest absolute Gasteiger partial charge is 0.234 e. The van der Waals surface area contributed by atoms with Crippen LogP contribution >= 0.6 is 0 Å². The zero-order chi connectivity index (χ0) is 21.5. The van der Waals surface area contributed by atoms with Crippen LogP contribution in [0.2, 0.25) is 0 Å². The molecule has 164 valence electrons. The predicted molar refractivity (Wildman–Crippen MR) is 122 cm³/mol. The van der Waals surface area contributed by atoms with E-state index in [0.29, 0.717) is 19.0 Å². The standard InChI is InChI=1S/C24H37N5O/c1-19(2)23-8-6-22(7-9-23)17-27-12-14-28(15-13-27)18-24(30)25-10-5-11-29-21(4)16-20(3)26-29/h6-9,16,19H,5,10-15,17-18H2,1-4H3,(H,25,30). The van der Waals surface area contributed by atoms with Gasteiger partial charge in [-0.15, -0.1) is 0 Å². The number of aryl methyl sites for hydroxylation is 3.